The number of rotatable bonds is 2. The Morgan fingerprint density at radius 2 is 2.18 bits per heavy atom. The van der Waals surface area contributed by atoms with Crippen LogP contribution in [-0.2, 0) is 0 Å². The molecule has 2 aromatic heterocycles. The highest BCUT2D eigenvalue weighted by Gasteiger charge is 2.30. The molecular weight excluding hydrogens is 298 g/mol. The second kappa shape index (κ2) is 5.17. The topological polar surface area (TPSA) is 74.8 Å². The molecule has 0 bridgehead atoms. The van der Waals surface area contributed by atoms with Crippen molar-refractivity contribution in [1.29, 1.82) is 0 Å². The molecule has 4 rings (SSSR count). The van der Waals surface area contributed by atoms with Crippen LogP contribution in [0.4, 0.5) is 5.13 Å². The minimum atomic E-state index is -0.0825. The zero-order valence-corrected chi connectivity index (χ0v) is 12.9. The Morgan fingerprint density at radius 3 is 3.00 bits per heavy atom. The Hall–Kier alpha value is -2.28. The highest BCUT2D eigenvalue weighted by atomic mass is 32.1. The number of aryl methyl sites for hydroxylation is 1. The lowest BCUT2D eigenvalue weighted by atomic mass is 10.2. The van der Waals surface area contributed by atoms with Crippen molar-refractivity contribution in [3.05, 3.63) is 46.3 Å². The molecule has 1 saturated heterocycles. The van der Waals surface area contributed by atoms with Gasteiger partial charge in [0.25, 0.3) is 5.56 Å². The number of hydrogen-bond donors (Lipinski definition) is 1. The van der Waals surface area contributed by atoms with Gasteiger partial charge in [0, 0.05) is 18.1 Å². The molecule has 3 heterocycles. The van der Waals surface area contributed by atoms with Gasteiger partial charge in [0.15, 0.2) is 0 Å². The smallest absolute Gasteiger partial charge is 0.258 e. The Labute approximate surface area is 131 Å². The fourth-order valence-electron chi connectivity index (χ4n) is 2.95. The van der Waals surface area contributed by atoms with E-state index in [0.29, 0.717) is 11.2 Å². The van der Waals surface area contributed by atoms with E-state index in [1.165, 1.54) is 11.5 Å². The standard InChI is InChI=1S/C15H15N5OS/c1-9-16-15(22-19-9)20-8-4-7-12(20)13-17-11-6-3-2-5-10(11)14(21)18-13/h2-3,5-6,12H,4,7-8H2,1H3,(H,17,18,21). The molecule has 0 radical (unpaired) electrons. The average Bonchev–Trinajstić information content (AvgIpc) is 3.15. The average molecular weight is 313 g/mol. The van der Waals surface area contributed by atoms with Crippen LogP contribution < -0.4 is 10.5 Å². The highest BCUT2D eigenvalue weighted by Crippen LogP contribution is 2.35. The van der Waals surface area contributed by atoms with Crippen LogP contribution in [0.5, 0.6) is 0 Å². The molecule has 22 heavy (non-hydrogen) atoms. The van der Waals surface area contributed by atoms with E-state index in [1.54, 1.807) is 6.07 Å². The van der Waals surface area contributed by atoms with Gasteiger partial charge in [-0.2, -0.15) is 4.37 Å². The Balaban J connectivity index is 1.79. The largest absolute Gasteiger partial charge is 0.337 e. The van der Waals surface area contributed by atoms with Crippen LogP contribution in [-0.4, -0.2) is 25.9 Å². The van der Waals surface area contributed by atoms with Crippen LogP contribution in [0.25, 0.3) is 10.9 Å². The molecule has 7 heteroatoms. The second-order valence-corrected chi connectivity index (χ2v) is 6.17. The molecule has 1 N–H and O–H groups in total. The lowest BCUT2D eigenvalue weighted by Crippen LogP contribution is -2.26. The third-order valence-electron chi connectivity index (χ3n) is 3.96. The molecule has 0 amide bonds. The van der Waals surface area contributed by atoms with Crippen LogP contribution >= 0.6 is 11.5 Å². The minimum absolute atomic E-state index is 0.0599. The first-order valence-corrected chi connectivity index (χ1v) is 8.05. The van der Waals surface area contributed by atoms with Crippen molar-refractivity contribution in [3.63, 3.8) is 0 Å². The molecule has 0 saturated carbocycles. The molecule has 3 aromatic rings. The summed E-state index contributed by atoms with van der Waals surface area (Å²) in [5.74, 6) is 1.50. The van der Waals surface area contributed by atoms with E-state index in [2.05, 4.69) is 24.2 Å². The van der Waals surface area contributed by atoms with Crippen molar-refractivity contribution in [1.82, 2.24) is 19.3 Å². The van der Waals surface area contributed by atoms with Crippen LogP contribution in [0.3, 0.4) is 0 Å². The van der Waals surface area contributed by atoms with Gasteiger partial charge in [-0.3, -0.25) is 4.79 Å². The fraction of sp³-hybridized carbons (Fsp3) is 0.333. The minimum Gasteiger partial charge on any atom is -0.337 e. The number of fused-ring (bicyclic) bond motifs is 1. The van der Waals surface area contributed by atoms with E-state index in [4.69, 9.17) is 0 Å². The van der Waals surface area contributed by atoms with E-state index in [-0.39, 0.29) is 11.6 Å². The van der Waals surface area contributed by atoms with Crippen LogP contribution in [0.1, 0.15) is 30.5 Å². The summed E-state index contributed by atoms with van der Waals surface area (Å²) >= 11 is 1.40. The zero-order chi connectivity index (χ0) is 15.1. The molecule has 1 aliphatic heterocycles. The number of para-hydroxylation sites is 1. The predicted molar refractivity (Wildman–Crippen MR) is 86.3 cm³/mol. The molecule has 1 aromatic carbocycles. The molecule has 1 aliphatic rings. The molecule has 1 atom stereocenters. The fourth-order valence-corrected chi connectivity index (χ4v) is 3.70. The summed E-state index contributed by atoms with van der Waals surface area (Å²) in [6.45, 7) is 2.80. The van der Waals surface area contributed by atoms with Crippen molar-refractivity contribution in [2.45, 2.75) is 25.8 Å². The van der Waals surface area contributed by atoms with Gasteiger partial charge < -0.3 is 9.88 Å². The number of hydrogen-bond acceptors (Lipinski definition) is 6. The monoisotopic (exact) mass is 313 g/mol. The van der Waals surface area contributed by atoms with Gasteiger partial charge >= 0.3 is 0 Å². The van der Waals surface area contributed by atoms with Gasteiger partial charge in [-0.15, -0.1) is 0 Å². The summed E-state index contributed by atoms with van der Waals surface area (Å²) in [5.41, 5.74) is 0.655. The molecule has 1 fully saturated rings. The first-order chi connectivity index (χ1) is 10.7. The first kappa shape index (κ1) is 13.4. The van der Waals surface area contributed by atoms with E-state index in [0.717, 1.165) is 35.9 Å². The maximum Gasteiger partial charge on any atom is 0.258 e. The van der Waals surface area contributed by atoms with Crippen molar-refractivity contribution >= 4 is 27.6 Å². The molecule has 6 nitrogen and oxygen atoms in total. The molecule has 0 spiro atoms. The van der Waals surface area contributed by atoms with Gasteiger partial charge in [-0.05, 0) is 31.9 Å². The number of anilines is 1. The highest BCUT2D eigenvalue weighted by molar-refractivity contribution is 7.09. The van der Waals surface area contributed by atoms with Crippen LogP contribution in [0.15, 0.2) is 29.1 Å². The number of benzene rings is 1. The summed E-state index contributed by atoms with van der Waals surface area (Å²) in [6.07, 6.45) is 2.01. The Kier molecular flexibility index (Phi) is 3.15. The summed E-state index contributed by atoms with van der Waals surface area (Å²) in [6, 6.07) is 7.49. The van der Waals surface area contributed by atoms with Gasteiger partial charge in [-0.25, -0.2) is 9.97 Å². The lowest BCUT2D eigenvalue weighted by Gasteiger charge is -2.22. The molecular formula is C15H15N5OS. The Morgan fingerprint density at radius 1 is 1.32 bits per heavy atom. The van der Waals surface area contributed by atoms with Gasteiger partial charge in [-0.1, -0.05) is 12.1 Å². The third-order valence-corrected chi connectivity index (χ3v) is 4.81. The SMILES string of the molecule is Cc1nsc(N2CCCC2c2nc3ccccc3c(=O)[nH]2)n1. The number of H-pyrrole nitrogens is 1. The van der Waals surface area contributed by atoms with Crippen LogP contribution in [0, 0.1) is 6.92 Å². The number of nitrogens with zero attached hydrogens (tertiary/aromatic N) is 4. The van der Waals surface area contributed by atoms with Crippen molar-refractivity contribution < 1.29 is 0 Å². The first-order valence-electron chi connectivity index (χ1n) is 7.28. The zero-order valence-electron chi connectivity index (χ0n) is 12.1. The van der Waals surface area contributed by atoms with Gasteiger partial charge in [0.2, 0.25) is 5.13 Å². The predicted octanol–water partition coefficient (Wildman–Crippen LogP) is 2.42. The quantitative estimate of drug-likeness (QED) is 0.786. The second-order valence-electron chi connectivity index (χ2n) is 5.44. The Bertz CT molecular complexity index is 887. The number of aromatic nitrogens is 4. The normalized spacial score (nSPS) is 18.2. The molecule has 0 aliphatic carbocycles. The van der Waals surface area contributed by atoms with Crippen molar-refractivity contribution in [2.24, 2.45) is 0 Å². The van der Waals surface area contributed by atoms with Crippen molar-refractivity contribution in [2.75, 3.05) is 11.4 Å². The summed E-state index contributed by atoms with van der Waals surface area (Å²) in [4.78, 5) is 26.5. The number of aromatic amines is 1. The molecule has 112 valence electrons. The van der Waals surface area contributed by atoms with Gasteiger partial charge in [0.1, 0.15) is 11.6 Å². The maximum absolute atomic E-state index is 12.3. The lowest BCUT2D eigenvalue weighted by molar-refractivity contribution is 0.665. The number of nitrogens with one attached hydrogen (secondary N) is 1. The van der Waals surface area contributed by atoms with E-state index < -0.39 is 0 Å². The van der Waals surface area contributed by atoms with Crippen molar-refractivity contribution in [3.8, 4) is 0 Å². The molecule has 1 unspecified atom stereocenters. The van der Waals surface area contributed by atoms with Gasteiger partial charge in [0.05, 0.1) is 16.9 Å². The summed E-state index contributed by atoms with van der Waals surface area (Å²) in [7, 11) is 0. The summed E-state index contributed by atoms with van der Waals surface area (Å²) in [5, 5.41) is 1.53. The van der Waals surface area contributed by atoms with E-state index in [1.807, 2.05) is 25.1 Å². The summed E-state index contributed by atoms with van der Waals surface area (Å²) < 4.78 is 4.25. The maximum atomic E-state index is 12.3. The third kappa shape index (κ3) is 2.18. The van der Waals surface area contributed by atoms with E-state index >= 15 is 0 Å². The van der Waals surface area contributed by atoms with E-state index in [9.17, 15) is 4.79 Å². The van der Waals surface area contributed by atoms with Crippen LogP contribution in [0.2, 0.25) is 0 Å².